The fraction of sp³-hybridized carbons (Fsp3) is 0.417. The lowest BCUT2D eigenvalue weighted by Crippen LogP contribution is -2.33. The number of nitrogens with one attached hydrogen (secondary N) is 2. The van der Waals surface area contributed by atoms with Crippen molar-refractivity contribution in [3.63, 3.8) is 0 Å². The summed E-state index contributed by atoms with van der Waals surface area (Å²) in [5.74, 6) is -0.428. The third-order valence-electron chi connectivity index (χ3n) is 2.25. The van der Waals surface area contributed by atoms with E-state index in [1.54, 1.807) is 0 Å². The highest BCUT2D eigenvalue weighted by Gasteiger charge is 2.10. The van der Waals surface area contributed by atoms with Crippen LogP contribution in [0.2, 0.25) is 0 Å². The molecule has 112 valence electrons. The molecule has 0 bridgehead atoms. The molecule has 0 radical (unpaired) electrons. The van der Waals surface area contributed by atoms with Gasteiger partial charge in [0.15, 0.2) is 0 Å². The Balaban J connectivity index is 2.65. The third-order valence-corrected chi connectivity index (χ3v) is 3.34. The Kier molecular flexibility index (Phi) is 6.43. The zero-order valence-electron chi connectivity index (χ0n) is 11.3. The smallest absolute Gasteiger partial charge is 0.338 e. The van der Waals surface area contributed by atoms with Gasteiger partial charge in [-0.1, -0.05) is 6.92 Å². The standard InChI is InChI=1S/C12H19N3O4S/c1-2-9-19-12(16)10-3-5-11(6-4-10)15-20(17,18)14-8-7-13/h3-6,14-15H,2,7-9,13H2,1H3. The quantitative estimate of drug-likeness (QED) is 0.604. The van der Waals surface area contributed by atoms with Gasteiger partial charge >= 0.3 is 5.97 Å². The first-order valence-electron chi connectivity index (χ1n) is 6.23. The lowest BCUT2D eigenvalue weighted by atomic mass is 10.2. The third kappa shape index (κ3) is 5.55. The van der Waals surface area contributed by atoms with Crippen molar-refractivity contribution in [3.05, 3.63) is 29.8 Å². The summed E-state index contributed by atoms with van der Waals surface area (Å²) in [6.45, 7) is 2.62. The van der Waals surface area contributed by atoms with Gasteiger partial charge in [-0.05, 0) is 30.7 Å². The number of rotatable bonds is 8. The Morgan fingerprint density at radius 3 is 2.50 bits per heavy atom. The lowest BCUT2D eigenvalue weighted by molar-refractivity contribution is 0.0505. The molecule has 0 aromatic heterocycles. The summed E-state index contributed by atoms with van der Waals surface area (Å²) in [6.07, 6.45) is 0.746. The molecule has 0 aliphatic heterocycles. The van der Waals surface area contributed by atoms with E-state index in [-0.39, 0.29) is 13.1 Å². The summed E-state index contributed by atoms with van der Waals surface area (Å²) in [4.78, 5) is 11.6. The van der Waals surface area contributed by atoms with Gasteiger partial charge in [-0.2, -0.15) is 13.1 Å². The Morgan fingerprint density at radius 1 is 1.30 bits per heavy atom. The molecule has 1 aromatic rings. The molecule has 20 heavy (non-hydrogen) atoms. The van der Waals surface area contributed by atoms with Crippen LogP contribution in [0.4, 0.5) is 5.69 Å². The van der Waals surface area contributed by atoms with Crippen molar-refractivity contribution in [1.29, 1.82) is 0 Å². The number of esters is 1. The first-order chi connectivity index (χ1) is 9.48. The van der Waals surface area contributed by atoms with Crippen LogP contribution in [0.15, 0.2) is 24.3 Å². The molecule has 0 atom stereocenters. The van der Waals surface area contributed by atoms with Crippen LogP contribution in [-0.2, 0) is 14.9 Å². The number of hydrogen-bond donors (Lipinski definition) is 3. The van der Waals surface area contributed by atoms with Crippen LogP contribution in [0.3, 0.4) is 0 Å². The highest BCUT2D eigenvalue weighted by Crippen LogP contribution is 2.11. The summed E-state index contributed by atoms with van der Waals surface area (Å²) in [5.41, 5.74) is 5.94. The van der Waals surface area contributed by atoms with E-state index in [4.69, 9.17) is 10.5 Å². The molecular formula is C12H19N3O4S. The molecule has 0 saturated heterocycles. The summed E-state index contributed by atoms with van der Waals surface area (Å²) in [7, 11) is -3.64. The summed E-state index contributed by atoms with van der Waals surface area (Å²) < 4.78 is 32.6. The molecule has 0 aliphatic rings. The molecule has 4 N–H and O–H groups in total. The van der Waals surface area contributed by atoms with Crippen molar-refractivity contribution in [2.75, 3.05) is 24.4 Å². The van der Waals surface area contributed by atoms with Crippen molar-refractivity contribution >= 4 is 21.9 Å². The van der Waals surface area contributed by atoms with Gasteiger partial charge in [-0.15, -0.1) is 0 Å². The van der Waals surface area contributed by atoms with Crippen molar-refractivity contribution in [2.45, 2.75) is 13.3 Å². The fourth-order valence-electron chi connectivity index (χ4n) is 1.34. The van der Waals surface area contributed by atoms with Gasteiger partial charge in [0.25, 0.3) is 10.2 Å². The maximum absolute atomic E-state index is 11.6. The normalized spacial score (nSPS) is 11.1. The molecule has 0 saturated carbocycles. The lowest BCUT2D eigenvalue weighted by Gasteiger charge is -2.09. The number of carbonyl (C=O) groups excluding carboxylic acids is 1. The van der Waals surface area contributed by atoms with Crippen LogP contribution in [0.5, 0.6) is 0 Å². The van der Waals surface area contributed by atoms with E-state index in [1.807, 2.05) is 6.92 Å². The molecule has 0 spiro atoms. The molecule has 7 nitrogen and oxygen atoms in total. The van der Waals surface area contributed by atoms with Gasteiger partial charge in [-0.3, -0.25) is 4.72 Å². The predicted octanol–water partition coefficient (Wildman–Crippen LogP) is 0.458. The number of nitrogens with two attached hydrogens (primary N) is 1. The SMILES string of the molecule is CCCOC(=O)c1ccc(NS(=O)(=O)NCCN)cc1. The highest BCUT2D eigenvalue weighted by molar-refractivity contribution is 7.90. The fourth-order valence-corrected chi connectivity index (χ4v) is 2.24. The summed E-state index contributed by atoms with van der Waals surface area (Å²) in [6, 6.07) is 5.98. The Hall–Kier alpha value is -1.64. The van der Waals surface area contributed by atoms with E-state index in [1.165, 1.54) is 24.3 Å². The second kappa shape index (κ2) is 7.83. The van der Waals surface area contributed by atoms with E-state index in [9.17, 15) is 13.2 Å². The van der Waals surface area contributed by atoms with Crippen molar-refractivity contribution in [3.8, 4) is 0 Å². The van der Waals surface area contributed by atoms with E-state index < -0.39 is 16.2 Å². The van der Waals surface area contributed by atoms with Crippen molar-refractivity contribution in [2.24, 2.45) is 5.73 Å². The van der Waals surface area contributed by atoms with Gasteiger partial charge in [0.2, 0.25) is 0 Å². The maximum Gasteiger partial charge on any atom is 0.338 e. The average Bonchev–Trinajstić information content (AvgIpc) is 2.43. The molecule has 0 unspecified atom stereocenters. The Bertz CT molecular complexity index is 528. The van der Waals surface area contributed by atoms with Crippen molar-refractivity contribution in [1.82, 2.24) is 4.72 Å². The second-order valence-corrected chi connectivity index (χ2v) is 5.50. The second-order valence-electron chi connectivity index (χ2n) is 4.00. The van der Waals surface area contributed by atoms with Gasteiger partial charge in [0.05, 0.1) is 12.2 Å². The minimum Gasteiger partial charge on any atom is -0.462 e. The number of carbonyl (C=O) groups is 1. The number of anilines is 1. The minimum atomic E-state index is -3.64. The topological polar surface area (TPSA) is 111 Å². The highest BCUT2D eigenvalue weighted by atomic mass is 32.2. The van der Waals surface area contributed by atoms with Crippen LogP contribution >= 0.6 is 0 Å². The molecule has 0 heterocycles. The minimum absolute atomic E-state index is 0.150. The zero-order valence-corrected chi connectivity index (χ0v) is 12.1. The van der Waals surface area contributed by atoms with E-state index in [2.05, 4.69) is 9.44 Å². The summed E-state index contributed by atoms with van der Waals surface area (Å²) in [5, 5.41) is 0. The molecule has 1 aromatic carbocycles. The first kappa shape index (κ1) is 16.4. The number of hydrogen-bond acceptors (Lipinski definition) is 5. The molecular weight excluding hydrogens is 282 g/mol. The molecule has 0 fully saturated rings. The van der Waals surface area contributed by atoms with E-state index >= 15 is 0 Å². The monoisotopic (exact) mass is 301 g/mol. The van der Waals surface area contributed by atoms with Gasteiger partial charge in [-0.25, -0.2) is 4.79 Å². The zero-order chi connectivity index (χ0) is 15.0. The van der Waals surface area contributed by atoms with Crippen LogP contribution in [0.1, 0.15) is 23.7 Å². The van der Waals surface area contributed by atoms with Crippen LogP contribution in [0.25, 0.3) is 0 Å². The van der Waals surface area contributed by atoms with Gasteiger partial charge in [0, 0.05) is 18.8 Å². The van der Waals surface area contributed by atoms with Gasteiger partial charge < -0.3 is 10.5 Å². The van der Waals surface area contributed by atoms with Crippen LogP contribution in [0, 0.1) is 0 Å². The van der Waals surface area contributed by atoms with E-state index in [0.29, 0.717) is 17.9 Å². The molecule has 0 aliphatic carbocycles. The van der Waals surface area contributed by atoms with Crippen LogP contribution in [-0.4, -0.2) is 34.1 Å². The molecule has 8 heteroatoms. The largest absolute Gasteiger partial charge is 0.462 e. The van der Waals surface area contributed by atoms with Crippen molar-refractivity contribution < 1.29 is 17.9 Å². The molecule has 1 rings (SSSR count). The predicted molar refractivity (Wildman–Crippen MR) is 76.6 cm³/mol. The molecule has 0 amide bonds. The maximum atomic E-state index is 11.6. The number of ether oxygens (including phenoxy) is 1. The van der Waals surface area contributed by atoms with Gasteiger partial charge in [0.1, 0.15) is 0 Å². The first-order valence-corrected chi connectivity index (χ1v) is 7.71. The number of benzene rings is 1. The summed E-state index contributed by atoms with van der Waals surface area (Å²) >= 11 is 0. The van der Waals surface area contributed by atoms with E-state index in [0.717, 1.165) is 6.42 Å². The Morgan fingerprint density at radius 2 is 1.95 bits per heavy atom. The average molecular weight is 301 g/mol. The van der Waals surface area contributed by atoms with Crippen LogP contribution < -0.4 is 15.2 Å². The Labute approximate surface area is 118 Å².